The summed E-state index contributed by atoms with van der Waals surface area (Å²) in [6.45, 7) is 26.2. The molecule has 0 aromatic heterocycles. The van der Waals surface area contributed by atoms with Crippen molar-refractivity contribution in [3.8, 4) is 11.5 Å². The molecule has 5 heteroatoms. The van der Waals surface area contributed by atoms with Crippen LogP contribution in [-0.4, -0.2) is 0 Å². The van der Waals surface area contributed by atoms with Crippen molar-refractivity contribution < 1.29 is 13.1 Å². The average Bonchev–Trinajstić information content (AvgIpc) is 2.64. The van der Waals surface area contributed by atoms with E-state index >= 15 is 0 Å². The van der Waals surface area contributed by atoms with E-state index in [9.17, 15) is 0 Å². The fourth-order valence-corrected chi connectivity index (χ4v) is 4.78. The first-order valence-electron chi connectivity index (χ1n) is 11.6. The van der Waals surface area contributed by atoms with Crippen molar-refractivity contribution in [3.63, 3.8) is 0 Å². The minimum Gasteiger partial charge on any atom is -0.416 e. The van der Waals surface area contributed by atoms with Gasteiger partial charge in [0.1, 0.15) is 11.5 Å². The summed E-state index contributed by atoms with van der Waals surface area (Å²) in [6.07, 6.45) is 0. The van der Waals surface area contributed by atoms with Gasteiger partial charge in [0, 0.05) is 22.3 Å². The third kappa shape index (κ3) is 6.87. The predicted molar refractivity (Wildman–Crippen MR) is 143 cm³/mol. The molecular formula is C28H42ClO3P. The first-order chi connectivity index (χ1) is 14.9. The highest BCUT2D eigenvalue weighted by atomic mass is 35.5. The second-order valence-corrected chi connectivity index (χ2v) is 14.2. The van der Waals surface area contributed by atoms with Crippen molar-refractivity contribution in [2.75, 3.05) is 0 Å². The van der Waals surface area contributed by atoms with Gasteiger partial charge in [0.2, 0.25) is 0 Å². The normalized spacial score (nSPS) is 13.4. The van der Waals surface area contributed by atoms with Gasteiger partial charge >= 0.3 is 8.60 Å². The van der Waals surface area contributed by atoms with Gasteiger partial charge in [-0.15, -0.1) is 0 Å². The smallest absolute Gasteiger partial charge is 0.416 e. The largest absolute Gasteiger partial charge is 0.481 e. The van der Waals surface area contributed by atoms with Gasteiger partial charge in [-0.3, -0.25) is 0 Å². The minimum atomic E-state index is -1.90. The molecule has 0 saturated heterocycles. The van der Waals surface area contributed by atoms with E-state index in [-0.39, 0.29) is 21.7 Å². The lowest BCUT2D eigenvalue weighted by Gasteiger charge is -2.32. The summed E-state index contributed by atoms with van der Waals surface area (Å²) < 4.78 is 18.3. The summed E-state index contributed by atoms with van der Waals surface area (Å²) in [5.74, 6) is 1.57. The molecule has 0 aliphatic carbocycles. The highest BCUT2D eigenvalue weighted by Gasteiger charge is 2.33. The van der Waals surface area contributed by atoms with Crippen molar-refractivity contribution >= 4 is 20.5 Å². The molecule has 2 aromatic carbocycles. The second-order valence-electron chi connectivity index (χ2n) is 12.8. The summed E-state index contributed by atoms with van der Waals surface area (Å²) in [6, 6.07) is 12.6. The Balaban J connectivity index is 2.63. The van der Waals surface area contributed by atoms with Crippen molar-refractivity contribution in [2.24, 2.45) is 0 Å². The molecule has 0 spiro atoms. The van der Waals surface area contributed by atoms with Crippen LogP contribution in [0.25, 0.3) is 0 Å². The first kappa shape index (κ1) is 28.0. The Hall–Kier alpha value is -1.28. The van der Waals surface area contributed by atoms with E-state index in [0.29, 0.717) is 0 Å². The highest BCUT2D eigenvalue weighted by Crippen LogP contribution is 2.52. The van der Waals surface area contributed by atoms with E-state index in [0.717, 1.165) is 33.8 Å². The van der Waals surface area contributed by atoms with Crippen LogP contribution in [0.15, 0.2) is 36.4 Å². The van der Waals surface area contributed by atoms with Gasteiger partial charge in [-0.1, -0.05) is 119 Å². The fraction of sp³-hybridized carbons (Fsp3) is 0.571. The van der Waals surface area contributed by atoms with Crippen LogP contribution in [0.3, 0.4) is 0 Å². The summed E-state index contributed by atoms with van der Waals surface area (Å²) in [4.78, 5) is 0. The van der Waals surface area contributed by atoms with Crippen molar-refractivity contribution in [3.05, 3.63) is 58.7 Å². The molecule has 184 valence electrons. The number of halogens is 1. The molecule has 0 amide bonds. The molecule has 2 rings (SSSR count). The van der Waals surface area contributed by atoms with Crippen LogP contribution in [0.5, 0.6) is 11.5 Å². The van der Waals surface area contributed by atoms with Crippen LogP contribution in [0.4, 0.5) is 0 Å². The highest BCUT2D eigenvalue weighted by molar-refractivity contribution is 7.43. The van der Waals surface area contributed by atoms with Gasteiger partial charge in [0.25, 0.3) is 0 Å². The molecule has 0 fully saturated rings. The van der Waals surface area contributed by atoms with Gasteiger partial charge < -0.3 is 9.05 Å². The lowest BCUT2D eigenvalue weighted by molar-refractivity contribution is 0.377. The quantitative estimate of drug-likeness (QED) is 0.388. The lowest BCUT2D eigenvalue weighted by Crippen LogP contribution is -2.20. The van der Waals surface area contributed by atoms with Crippen LogP contribution in [0.2, 0.25) is 0 Å². The zero-order valence-electron chi connectivity index (χ0n) is 22.5. The second kappa shape index (κ2) is 9.76. The maximum absolute atomic E-state index is 6.51. The molecule has 0 atom stereocenters. The van der Waals surface area contributed by atoms with E-state index < -0.39 is 8.60 Å². The summed E-state index contributed by atoms with van der Waals surface area (Å²) in [7, 11) is -1.90. The molecule has 0 unspecified atom stereocenters. The summed E-state index contributed by atoms with van der Waals surface area (Å²) in [5, 5.41) is 0. The monoisotopic (exact) mass is 492 g/mol. The summed E-state index contributed by atoms with van der Waals surface area (Å²) >= 11 is 6.01. The van der Waals surface area contributed by atoms with Gasteiger partial charge in [-0.2, -0.15) is 4.08 Å². The van der Waals surface area contributed by atoms with E-state index in [1.165, 1.54) is 0 Å². The third-order valence-corrected chi connectivity index (χ3v) is 6.76. The minimum absolute atomic E-state index is 0.121. The number of hydrogen-bond donors (Lipinski definition) is 0. The predicted octanol–water partition coefficient (Wildman–Crippen LogP) is 9.73. The first-order valence-corrected chi connectivity index (χ1v) is 13.0. The zero-order chi connectivity index (χ0) is 25.4. The number of benzene rings is 2. The van der Waals surface area contributed by atoms with Crippen molar-refractivity contribution in [1.82, 2.24) is 0 Å². The van der Waals surface area contributed by atoms with Gasteiger partial charge in [-0.25, -0.2) is 0 Å². The third-order valence-electron chi connectivity index (χ3n) is 5.65. The van der Waals surface area contributed by atoms with E-state index in [1.807, 2.05) is 0 Å². The Morgan fingerprint density at radius 2 is 0.758 bits per heavy atom. The van der Waals surface area contributed by atoms with Crippen LogP contribution >= 0.6 is 20.5 Å². The molecule has 0 saturated carbocycles. The maximum Gasteiger partial charge on any atom is 0.481 e. The Labute approximate surface area is 208 Å². The standard InChI is InChI=1S/C28H42ClO3P/c1-25(2,3)19-15-13-16-20(26(4,5)6)23(19)30-33(32-29)31-24-21(27(7,8)9)17-14-18-22(24)28(10,11)12/h13-18H,1-12H3. The van der Waals surface area contributed by atoms with Gasteiger partial charge in [-0.05, 0) is 21.7 Å². The average molecular weight is 493 g/mol. The Morgan fingerprint density at radius 3 is 0.939 bits per heavy atom. The maximum atomic E-state index is 6.51. The van der Waals surface area contributed by atoms with Crippen molar-refractivity contribution in [1.29, 1.82) is 0 Å². The van der Waals surface area contributed by atoms with E-state index in [4.69, 9.17) is 25.0 Å². The molecule has 0 aliphatic rings. The van der Waals surface area contributed by atoms with Crippen LogP contribution in [0.1, 0.15) is 105 Å². The molecule has 3 nitrogen and oxygen atoms in total. The van der Waals surface area contributed by atoms with Crippen LogP contribution < -0.4 is 9.05 Å². The molecule has 2 aromatic rings. The molecule has 0 bridgehead atoms. The SMILES string of the molecule is CC(C)(C)c1cccc(C(C)(C)C)c1OP(OCl)Oc1c(C(C)(C)C)cccc1C(C)(C)C. The fourth-order valence-electron chi connectivity index (χ4n) is 3.83. The van der Waals surface area contributed by atoms with E-state index in [1.54, 1.807) is 0 Å². The molecule has 33 heavy (non-hydrogen) atoms. The molecule has 0 aliphatic heterocycles. The summed E-state index contributed by atoms with van der Waals surface area (Å²) in [5.41, 5.74) is 3.90. The van der Waals surface area contributed by atoms with Crippen LogP contribution in [0, 0.1) is 0 Å². The molecule has 0 N–H and O–H groups in total. The lowest BCUT2D eigenvalue weighted by atomic mass is 9.79. The Kier molecular flexibility index (Phi) is 8.27. The Bertz CT molecular complexity index is 815. The number of hydrogen-bond acceptors (Lipinski definition) is 3. The number of rotatable bonds is 5. The Morgan fingerprint density at radius 1 is 0.515 bits per heavy atom. The van der Waals surface area contributed by atoms with Crippen molar-refractivity contribution in [2.45, 2.75) is 105 Å². The van der Waals surface area contributed by atoms with Crippen LogP contribution in [-0.2, 0) is 25.7 Å². The molecule has 0 radical (unpaired) electrons. The van der Waals surface area contributed by atoms with Gasteiger partial charge in [0.15, 0.2) is 0 Å². The molecular weight excluding hydrogens is 451 g/mol. The molecule has 0 heterocycles. The topological polar surface area (TPSA) is 27.7 Å². The number of para-hydroxylation sites is 2. The van der Waals surface area contributed by atoms with Gasteiger partial charge in [0.05, 0.1) is 11.9 Å². The zero-order valence-corrected chi connectivity index (χ0v) is 24.2. The van der Waals surface area contributed by atoms with E-state index in [2.05, 4.69) is 119 Å².